The van der Waals surface area contributed by atoms with E-state index in [0.717, 1.165) is 32.1 Å². The minimum Gasteiger partial charge on any atom is -0.225 e. The first-order valence-corrected chi connectivity index (χ1v) is 9.47. The van der Waals surface area contributed by atoms with Gasteiger partial charge in [-0.3, -0.25) is 0 Å². The minimum absolute atomic E-state index is 0.0355. The molecule has 20 heavy (non-hydrogen) atoms. The molecule has 0 aromatic heterocycles. The van der Waals surface area contributed by atoms with Crippen molar-refractivity contribution in [3.8, 4) is 0 Å². The van der Waals surface area contributed by atoms with Gasteiger partial charge in [0, 0.05) is 6.04 Å². The Bertz CT molecular complexity index is 660. The molecule has 6 nitrogen and oxygen atoms in total. The lowest BCUT2D eigenvalue weighted by Gasteiger charge is -2.22. The fourth-order valence-electron chi connectivity index (χ4n) is 2.32. The van der Waals surface area contributed by atoms with Crippen LogP contribution in [0.5, 0.6) is 0 Å². The zero-order valence-corrected chi connectivity index (χ0v) is 12.6. The summed E-state index contributed by atoms with van der Waals surface area (Å²) in [6, 6.07) is 4.87. The lowest BCUT2D eigenvalue weighted by atomic mass is 9.96. The van der Waals surface area contributed by atoms with Gasteiger partial charge in [-0.2, -0.15) is 0 Å². The van der Waals surface area contributed by atoms with E-state index in [0.29, 0.717) is 0 Å². The van der Waals surface area contributed by atoms with E-state index in [9.17, 15) is 16.8 Å². The monoisotopic (exact) mass is 318 g/mol. The van der Waals surface area contributed by atoms with E-state index in [4.69, 9.17) is 5.14 Å². The van der Waals surface area contributed by atoms with Gasteiger partial charge in [0.1, 0.15) is 0 Å². The lowest BCUT2D eigenvalue weighted by Crippen LogP contribution is -2.36. The van der Waals surface area contributed by atoms with Gasteiger partial charge in [0.25, 0.3) is 0 Å². The van der Waals surface area contributed by atoms with Crippen molar-refractivity contribution in [1.82, 2.24) is 4.72 Å². The Balaban J connectivity index is 2.17. The van der Waals surface area contributed by atoms with Crippen LogP contribution in [-0.2, 0) is 20.0 Å². The van der Waals surface area contributed by atoms with Crippen LogP contribution in [0.3, 0.4) is 0 Å². The third kappa shape index (κ3) is 3.78. The van der Waals surface area contributed by atoms with Gasteiger partial charge in [-0.25, -0.2) is 26.7 Å². The molecule has 0 unspecified atom stereocenters. The molecule has 0 heterocycles. The molecule has 3 N–H and O–H groups in total. The molecule has 0 radical (unpaired) electrons. The Morgan fingerprint density at radius 1 is 0.900 bits per heavy atom. The Labute approximate surface area is 119 Å². The van der Waals surface area contributed by atoms with Crippen LogP contribution in [0.15, 0.2) is 34.1 Å². The summed E-state index contributed by atoms with van der Waals surface area (Å²) in [6.45, 7) is 0. The Morgan fingerprint density at radius 3 is 1.90 bits per heavy atom. The number of nitrogens with one attached hydrogen (secondary N) is 1. The Morgan fingerprint density at radius 2 is 1.40 bits per heavy atom. The van der Waals surface area contributed by atoms with Crippen LogP contribution in [0.2, 0.25) is 0 Å². The first-order chi connectivity index (χ1) is 9.29. The summed E-state index contributed by atoms with van der Waals surface area (Å²) >= 11 is 0. The zero-order chi connectivity index (χ0) is 14.8. The number of benzene rings is 1. The molecule has 0 amide bonds. The predicted molar refractivity (Wildman–Crippen MR) is 75.0 cm³/mol. The minimum atomic E-state index is -3.81. The molecule has 0 saturated heterocycles. The van der Waals surface area contributed by atoms with Crippen molar-refractivity contribution in [2.24, 2.45) is 5.14 Å². The number of rotatable bonds is 4. The molecule has 1 aliphatic carbocycles. The van der Waals surface area contributed by atoms with Crippen LogP contribution in [0, 0.1) is 0 Å². The standard InChI is InChI=1S/C12H18N2O4S2/c13-19(15,16)11-6-8-12(9-7-11)20(17,18)14-10-4-2-1-3-5-10/h6-10,14H,1-5H2,(H2,13,15,16). The molecule has 112 valence electrons. The van der Waals surface area contributed by atoms with Gasteiger partial charge >= 0.3 is 0 Å². The maximum absolute atomic E-state index is 12.2. The summed E-state index contributed by atoms with van der Waals surface area (Å²) in [4.78, 5) is -0.0513. The van der Waals surface area contributed by atoms with E-state index in [-0.39, 0.29) is 15.8 Å². The van der Waals surface area contributed by atoms with Crippen molar-refractivity contribution >= 4 is 20.0 Å². The van der Waals surface area contributed by atoms with Crippen LogP contribution in [-0.4, -0.2) is 22.9 Å². The Hall–Kier alpha value is -0.960. The van der Waals surface area contributed by atoms with E-state index in [2.05, 4.69) is 4.72 Å². The van der Waals surface area contributed by atoms with Crippen LogP contribution in [0.1, 0.15) is 32.1 Å². The van der Waals surface area contributed by atoms with E-state index in [1.165, 1.54) is 24.3 Å². The maximum atomic E-state index is 12.2. The van der Waals surface area contributed by atoms with E-state index in [1.807, 2.05) is 0 Å². The fraction of sp³-hybridized carbons (Fsp3) is 0.500. The van der Waals surface area contributed by atoms with Crippen molar-refractivity contribution in [2.45, 2.75) is 47.9 Å². The molecule has 1 aromatic carbocycles. The number of nitrogens with two attached hydrogens (primary N) is 1. The molecule has 0 atom stereocenters. The molecule has 2 rings (SSSR count). The predicted octanol–water partition coefficient (Wildman–Crippen LogP) is 0.945. The molecule has 1 fully saturated rings. The van der Waals surface area contributed by atoms with Gasteiger partial charge in [-0.1, -0.05) is 19.3 Å². The summed E-state index contributed by atoms with van der Waals surface area (Å²) in [7, 11) is -7.42. The van der Waals surface area contributed by atoms with Crippen LogP contribution >= 0.6 is 0 Å². The van der Waals surface area contributed by atoms with E-state index < -0.39 is 20.0 Å². The van der Waals surface area contributed by atoms with Crippen LogP contribution < -0.4 is 9.86 Å². The second kappa shape index (κ2) is 5.80. The lowest BCUT2D eigenvalue weighted by molar-refractivity contribution is 0.412. The van der Waals surface area contributed by atoms with Gasteiger partial charge in [0.2, 0.25) is 20.0 Å². The first-order valence-electron chi connectivity index (χ1n) is 6.44. The van der Waals surface area contributed by atoms with Gasteiger partial charge in [-0.05, 0) is 37.1 Å². The number of hydrogen-bond donors (Lipinski definition) is 2. The number of hydrogen-bond acceptors (Lipinski definition) is 4. The summed E-state index contributed by atoms with van der Waals surface area (Å²) in [5.74, 6) is 0. The van der Waals surface area contributed by atoms with Crippen molar-refractivity contribution in [3.05, 3.63) is 24.3 Å². The third-order valence-electron chi connectivity index (χ3n) is 3.39. The maximum Gasteiger partial charge on any atom is 0.240 e. The highest BCUT2D eigenvalue weighted by molar-refractivity contribution is 7.89. The molecule has 0 spiro atoms. The van der Waals surface area contributed by atoms with Crippen LogP contribution in [0.4, 0.5) is 0 Å². The molecule has 0 bridgehead atoms. The summed E-state index contributed by atoms with van der Waals surface area (Å²) in [6.07, 6.45) is 4.87. The topological polar surface area (TPSA) is 106 Å². The smallest absolute Gasteiger partial charge is 0.225 e. The van der Waals surface area contributed by atoms with Crippen molar-refractivity contribution in [3.63, 3.8) is 0 Å². The number of sulfonamides is 2. The summed E-state index contributed by atoms with van der Waals surface area (Å²) in [5.41, 5.74) is 0. The zero-order valence-electron chi connectivity index (χ0n) is 10.9. The highest BCUT2D eigenvalue weighted by Crippen LogP contribution is 2.20. The molecular formula is C12H18N2O4S2. The molecule has 0 aliphatic heterocycles. The normalized spacial score (nSPS) is 18.1. The first kappa shape index (κ1) is 15.4. The van der Waals surface area contributed by atoms with Crippen LogP contribution in [0.25, 0.3) is 0 Å². The van der Waals surface area contributed by atoms with E-state index >= 15 is 0 Å². The van der Waals surface area contributed by atoms with Gasteiger partial charge in [0.05, 0.1) is 9.79 Å². The molecule has 1 saturated carbocycles. The summed E-state index contributed by atoms with van der Waals surface area (Å²) in [5, 5.41) is 4.97. The average Bonchev–Trinajstić information content (AvgIpc) is 2.38. The Kier molecular flexibility index (Phi) is 4.48. The SMILES string of the molecule is NS(=O)(=O)c1ccc(S(=O)(=O)NC2CCCCC2)cc1. The quantitative estimate of drug-likeness (QED) is 0.861. The summed E-state index contributed by atoms with van der Waals surface area (Å²) < 4.78 is 49.2. The van der Waals surface area contributed by atoms with Gasteiger partial charge in [0.15, 0.2) is 0 Å². The van der Waals surface area contributed by atoms with Crippen molar-refractivity contribution in [1.29, 1.82) is 0 Å². The average molecular weight is 318 g/mol. The van der Waals surface area contributed by atoms with Gasteiger partial charge in [-0.15, -0.1) is 0 Å². The second-order valence-electron chi connectivity index (χ2n) is 4.97. The van der Waals surface area contributed by atoms with E-state index in [1.54, 1.807) is 0 Å². The second-order valence-corrected chi connectivity index (χ2v) is 8.25. The highest BCUT2D eigenvalue weighted by Gasteiger charge is 2.22. The van der Waals surface area contributed by atoms with Crippen molar-refractivity contribution < 1.29 is 16.8 Å². The van der Waals surface area contributed by atoms with Gasteiger partial charge < -0.3 is 0 Å². The molecule has 1 aromatic rings. The van der Waals surface area contributed by atoms with Crippen molar-refractivity contribution in [2.75, 3.05) is 0 Å². The molecule has 8 heteroatoms. The third-order valence-corrected chi connectivity index (χ3v) is 5.86. The number of primary sulfonamides is 1. The molecule has 1 aliphatic rings. The highest BCUT2D eigenvalue weighted by atomic mass is 32.2. The molecular weight excluding hydrogens is 300 g/mol. The largest absolute Gasteiger partial charge is 0.240 e. The fourth-order valence-corrected chi connectivity index (χ4v) is 4.14.